The van der Waals surface area contributed by atoms with Gasteiger partial charge in [0.2, 0.25) is 5.91 Å². The van der Waals surface area contributed by atoms with Crippen LogP contribution in [0.1, 0.15) is 35.2 Å². The summed E-state index contributed by atoms with van der Waals surface area (Å²) in [5, 5.41) is 11.9. The number of nitrogens with two attached hydrogens (primary N) is 1. The minimum absolute atomic E-state index is 0.189. The number of benzene rings is 2. The van der Waals surface area contributed by atoms with Crippen LogP contribution in [0.4, 0.5) is 5.69 Å². The maximum atomic E-state index is 13.9. The van der Waals surface area contributed by atoms with Crippen molar-refractivity contribution >= 4 is 17.5 Å². The zero-order valence-electron chi connectivity index (χ0n) is 21.7. The van der Waals surface area contributed by atoms with Crippen molar-refractivity contribution in [2.24, 2.45) is 5.73 Å². The van der Waals surface area contributed by atoms with E-state index in [-0.39, 0.29) is 18.4 Å². The van der Waals surface area contributed by atoms with Gasteiger partial charge in [-0.3, -0.25) is 9.59 Å². The van der Waals surface area contributed by atoms with Gasteiger partial charge in [-0.05, 0) is 54.1 Å². The number of allylic oxidation sites excluding steroid dienone is 5. The second kappa shape index (κ2) is 14.6. The van der Waals surface area contributed by atoms with Crippen molar-refractivity contribution in [2.45, 2.75) is 25.3 Å². The molecule has 0 saturated heterocycles. The van der Waals surface area contributed by atoms with Crippen LogP contribution in [0.5, 0.6) is 5.75 Å². The van der Waals surface area contributed by atoms with Gasteiger partial charge in [-0.15, -0.1) is 0 Å². The molecule has 2 atom stereocenters. The van der Waals surface area contributed by atoms with E-state index in [1.54, 1.807) is 48.4 Å². The molecule has 0 aromatic heterocycles. The largest absolute Gasteiger partial charge is 0.468 e. The first-order chi connectivity index (χ1) is 18.5. The first-order valence-electron chi connectivity index (χ1n) is 12.5. The molecule has 0 spiro atoms. The Morgan fingerprint density at radius 2 is 1.84 bits per heavy atom. The van der Waals surface area contributed by atoms with Crippen LogP contribution in [0.3, 0.4) is 0 Å². The zero-order valence-corrected chi connectivity index (χ0v) is 21.7. The molecule has 0 fully saturated rings. The van der Waals surface area contributed by atoms with Crippen molar-refractivity contribution in [1.29, 1.82) is 0 Å². The highest BCUT2D eigenvalue weighted by atomic mass is 16.6. The molecule has 0 aliphatic carbocycles. The Labute approximate surface area is 223 Å². The Hall–Kier alpha value is -4.14. The molecule has 0 saturated carbocycles. The fourth-order valence-electron chi connectivity index (χ4n) is 4.37. The highest BCUT2D eigenvalue weighted by Gasteiger charge is 2.44. The van der Waals surface area contributed by atoms with E-state index in [1.807, 2.05) is 48.6 Å². The fourth-order valence-corrected chi connectivity index (χ4v) is 4.37. The lowest BCUT2D eigenvalue weighted by Gasteiger charge is -2.42. The van der Waals surface area contributed by atoms with Crippen molar-refractivity contribution < 1.29 is 24.2 Å². The third kappa shape index (κ3) is 7.00. The van der Waals surface area contributed by atoms with Crippen molar-refractivity contribution in [2.75, 3.05) is 32.4 Å². The van der Waals surface area contributed by atoms with Crippen LogP contribution < -0.4 is 15.8 Å². The molecule has 1 heterocycles. The molecule has 8 heteroatoms. The number of carbonyl (C=O) groups excluding carboxylic acids is 2. The number of nitrogens with one attached hydrogen (secondary N) is 1. The minimum atomic E-state index is -0.738. The molecule has 3 rings (SSSR count). The number of hydrogen-bond acceptors (Lipinski definition) is 6. The van der Waals surface area contributed by atoms with E-state index >= 15 is 0 Å². The van der Waals surface area contributed by atoms with Gasteiger partial charge < -0.3 is 30.5 Å². The zero-order chi connectivity index (χ0) is 27.3. The monoisotopic (exact) mass is 517 g/mol. The maximum Gasteiger partial charge on any atom is 0.254 e. The molecule has 1 aliphatic rings. The maximum absolute atomic E-state index is 13.9. The Bertz CT molecular complexity index is 1200. The SMILES string of the molecule is CC\C=C/C=C\C=C\C(=C/N)C1C(C(=O)Nc2ccc(OCO)cc2)c2ccccc2C(=O)N1CCOC. The van der Waals surface area contributed by atoms with E-state index in [9.17, 15) is 9.59 Å². The molecular formula is C30H35N3O5. The molecule has 200 valence electrons. The number of nitrogens with zero attached hydrogens (tertiary/aromatic N) is 1. The second-order valence-corrected chi connectivity index (χ2v) is 8.54. The number of amides is 2. The smallest absolute Gasteiger partial charge is 0.254 e. The van der Waals surface area contributed by atoms with Gasteiger partial charge in [-0.2, -0.15) is 0 Å². The summed E-state index contributed by atoms with van der Waals surface area (Å²) in [4.78, 5) is 29.1. The predicted molar refractivity (Wildman–Crippen MR) is 149 cm³/mol. The third-order valence-corrected chi connectivity index (χ3v) is 6.14. The molecule has 4 N–H and O–H groups in total. The molecule has 2 aromatic rings. The summed E-state index contributed by atoms with van der Waals surface area (Å²) in [6, 6.07) is 13.2. The number of fused-ring (bicyclic) bond motifs is 1. The third-order valence-electron chi connectivity index (χ3n) is 6.14. The number of hydrogen-bond donors (Lipinski definition) is 3. The van der Waals surface area contributed by atoms with Gasteiger partial charge in [0.15, 0.2) is 6.79 Å². The average molecular weight is 518 g/mol. The standard InChI is InChI=1S/C30H35N3O5/c1-3-4-5-6-7-8-11-22(20-31)28-27(29(35)32-23-14-16-24(17-15-23)38-21-34)25-12-9-10-13-26(25)30(36)33(28)18-19-37-2/h4-17,20,27-28,34H,3,18-19,21,31H2,1-2H3,(H,32,35)/b5-4-,7-6-,11-8+,22-20+. The average Bonchev–Trinajstić information content (AvgIpc) is 2.93. The van der Waals surface area contributed by atoms with Crippen LogP contribution in [0, 0.1) is 0 Å². The van der Waals surface area contributed by atoms with Crippen LogP contribution >= 0.6 is 0 Å². The van der Waals surface area contributed by atoms with E-state index in [2.05, 4.69) is 12.2 Å². The number of aliphatic hydroxyl groups excluding tert-OH is 1. The van der Waals surface area contributed by atoms with Crippen LogP contribution in [0.15, 0.2) is 96.8 Å². The van der Waals surface area contributed by atoms with Crippen molar-refractivity contribution in [1.82, 2.24) is 4.90 Å². The van der Waals surface area contributed by atoms with Crippen LogP contribution in [0.2, 0.25) is 0 Å². The molecule has 0 bridgehead atoms. The van der Waals surface area contributed by atoms with Crippen LogP contribution in [-0.4, -0.2) is 54.9 Å². The lowest BCUT2D eigenvalue weighted by atomic mass is 9.79. The number of anilines is 1. The number of rotatable bonds is 12. The topological polar surface area (TPSA) is 114 Å². The Morgan fingerprint density at radius 1 is 1.11 bits per heavy atom. The highest BCUT2D eigenvalue weighted by Crippen LogP contribution is 2.38. The summed E-state index contributed by atoms with van der Waals surface area (Å²) < 4.78 is 10.4. The second-order valence-electron chi connectivity index (χ2n) is 8.54. The molecule has 0 radical (unpaired) electrons. The quantitative estimate of drug-likeness (QED) is 0.288. The van der Waals surface area contributed by atoms with Crippen LogP contribution in [0.25, 0.3) is 0 Å². The normalized spacial score (nSPS) is 17.9. The first kappa shape index (κ1) is 28.4. The van der Waals surface area contributed by atoms with E-state index in [0.717, 1.165) is 6.42 Å². The molecule has 8 nitrogen and oxygen atoms in total. The van der Waals surface area contributed by atoms with E-state index < -0.39 is 18.8 Å². The summed E-state index contributed by atoms with van der Waals surface area (Å²) in [6.07, 6.45) is 13.8. The fraction of sp³-hybridized carbons (Fsp3) is 0.267. The first-order valence-corrected chi connectivity index (χ1v) is 12.5. The minimum Gasteiger partial charge on any atom is -0.468 e. The van der Waals surface area contributed by atoms with Gasteiger partial charge in [-0.25, -0.2) is 0 Å². The molecule has 2 unspecified atom stereocenters. The van der Waals surface area contributed by atoms with Gasteiger partial charge in [0.25, 0.3) is 5.91 Å². The molecule has 38 heavy (non-hydrogen) atoms. The highest BCUT2D eigenvalue weighted by molar-refractivity contribution is 6.04. The van der Waals surface area contributed by atoms with Gasteiger partial charge in [0.05, 0.1) is 18.6 Å². The number of aliphatic hydroxyl groups is 1. The van der Waals surface area contributed by atoms with E-state index in [0.29, 0.717) is 34.7 Å². The van der Waals surface area contributed by atoms with Crippen molar-refractivity contribution in [3.05, 3.63) is 108 Å². The van der Waals surface area contributed by atoms with Gasteiger partial charge in [0, 0.05) is 24.9 Å². The summed E-state index contributed by atoms with van der Waals surface area (Å²) in [5.74, 6) is -0.741. The lowest BCUT2D eigenvalue weighted by molar-refractivity contribution is -0.118. The number of carbonyl (C=O) groups is 2. The van der Waals surface area contributed by atoms with Crippen molar-refractivity contribution in [3.63, 3.8) is 0 Å². The number of ether oxygens (including phenoxy) is 2. The molecule has 1 aliphatic heterocycles. The summed E-state index contributed by atoms with van der Waals surface area (Å²) in [7, 11) is 1.57. The summed E-state index contributed by atoms with van der Waals surface area (Å²) in [5.41, 5.74) is 8.37. The van der Waals surface area contributed by atoms with Crippen molar-refractivity contribution in [3.8, 4) is 5.75 Å². The Kier molecular flexibility index (Phi) is 10.9. The van der Waals surface area contributed by atoms with E-state index in [4.69, 9.17) is 20.3 Å². The summed E-state index contributed by atoms with van der Waals surface area (Å²) >= 11 is 0. The Morgan fingerprint density at radius 3 is 2.53 bits per heavy atom. The predicted octanol–water partition coefficient (Wildman–Crippen LogP) is 4.13. The van der Waals surface area contributed by atoms with Gasteiger partial charge in [-0.1, -0.05) is 61.6 Å². The van der Waals surface area contributed by atoms with Gasteiger partial charge in [0.1, 0.15) is 5.75 Å². The van der Waals surface area contributed by atoms with Crippen LogP contribution in [-0.2, 0) is 9.53 Å². The molecular weight excluding hydrogens is 482 g/mol. The Balaban J connectivity index is 2.03. The molecule has 2 amide bonds. The lowest BCUT2D eigenvalue weighted by Crippen LogP contribution is -2.53. The van der Waals surface area contributed by atoms with E-state index in [1.165, 1.54) is 6.20 Å². The number of methoxy groups -OCH3 is 1. The van der Waals surface area contributed by atoms with Gasteiger partial charge >= 0.3 is 0 Å². The molecule has 2 aromatic carbocycles. The summed E-state index contributed by atoms with van der Waals surface area (Å²) in [6.45, 7) is 2.20.